The molecule has 0 saturated carbocycles. The van der Waals surface area contributed by atoms with Gasteiger partial charge in [-0.3, -0.25) is 9.59 Å². The highest BCUT2D eigenvalue weighted by Gasteiger charge is 2.26. The summed E-state index contributed by atoms with van der Waals surface area (Å²) in [5, 5.41) is 2.94. The lowest BCUT2D eigenvalue weighted by Crippen LogP contribution is -2.40. The van der Waals surface area contributed by atoms with Crippen molar-refractivity contribution in [2.45, 2.75) is 32.4 Å². The molecule has 0 saturated heterocycles. The van der Waals surface area contributed by atoms with E-state index in [4.69, 9.17) is 4.74 Å². The summed E-state index contributed by atoms with van der Waals surface area (Å²) in [5.41, 5.74) is 2.50. The van der Waals surface area contributed by atoms with Gasteiger partial charge in [-0.2, -0.15) is 4.98 Å². The van der Waals surface area contributed by atoms with E-state index in [1.54, 1.807) is 28.6 Å². The topological polar surface area (TPSA) is 89.4 Å². The Bertz CT molecular complexity index is 1140. The molecule has 0 unspecified atom stereocenters. The number of carbonyl (C=O) groups is 2. The predicted molar refractivity (Wildman–Crippen MR) is 132 cm³/mol. The Hall–Kier alpha value is -3.94. The van der Waals surface area contributed by atoms with Gasteiger partial charge in [0.15, 0.2) is 0 Å². The third-order valence-electron chi connectivity index (χ3n) is 5.41. The largest absolute Gasteiger partial charge is 0.461 e. The van der Waals surface area contributed by atoms with Gasteiger partial charge in [-0.15, -0.1) is 0 Å². The number of nitrogens with one attached hydrogen (secondary N) is 1. The van der Waals surface area contributed by atoms with E-state index in [1.165, 1.54) is 6.20 Å². The van der Waals surface area contributed by atoms with Gasteiger partial charge in [-0.25, -0.2) is 4.98 Å². The van der Waals surface area contributed by atoms with E-state index in [0.717, 1.165) is 11.1 Å². The molecule has 3 aromatic rings. The molecular weight excluding hydrogens is 430 g/mol. The number of benzene rings is 1. The van der Waals surface area contributed by atoms with Crippen LogP contribution in [0.5, 0.6) is 6.01 Å². The van der Waals surface area contributed by atoms with Gasteiger partial charge in [0.1, 0.15) is 11.4 Å². The molecule has 178 valence electrons. The Kier molecular flexibility index (Phi) is 8.19. The van der Waals surface area contributed by atoms with Crippen LogP contribution < -0.4 is 10.1 Å². The molecule has 2 aromatic heterocycles. The van der Waals surface area contributed by atoms with Crippen molar-refractivity contribution in [1.82, 2.24) is 24.8 Å². The zero-order valence-corrected chi connectivity index (χ0v) is 20.1. The minimum atomic E-state index is -0.368. The Morgan fingerprint density at radius 3 is 2.53 bits per heavy atom. The first-order valence-electron chi connectivity index (χ1n) is 11.2. The molecule has 8 heteroatoms. The molecule has 1 atom stereocenters. The second-order valence-electron chi connectivity index (χ2n) is 8.26. The van der Waals surface area contributed by atoms with Crippen molar-refractivity contribution in [2.24, 2.45) is 7.05 Å². The second-order valence-corrected chi connectivity index (χ2v) is 8.26. The standard InChI is InChI=1S/C26H31N5O3/c1-18(2)34-26-28-15-13-21(29-26)25(33)31(5)22(19(3)20-10-7-6-8-11-20)14-16-27-24(32)23-12-9-17-30(23)4/h6-13,15,17-18,22H,3,14,16H2,1-2,4-5H3,(H,27,32)/t22-/m1/s1. The minimum Gasteiger partial charge on any atom is -0.461 e. The number of likely N-dealkylation sites (N-methyl/N-ethyl adjacent to an activating group) is 1. The molecule has 2 amide bonds. The van der Waals surface area contributed by atoms with Gasteiger partial charge >= 0.3 is 6.01 Å². The number of amides is 2. The maximum atomic E-state index is 13.3. The summed E-state index contributed by atoms with van der Waals surface area (Å²) in [5.74, 6) is -0.455. The lowest BCUT2D eigenvalue weighted by Gasteiger charge is -2.30. The molecule has 2 heterocycles. The lowest BCUT2D eigenvalue weighted by atomic mass is 9.96. The van der Waals surface area contributed by atoms with E-state index in [9.17, 15) is 9.59 Å². The molecular formula is C26H31N5O3. The van der Waals surface area contributed by atoms with Crippen molar-refractivity contribution < 1.29 is 14.3 Å². The van der Waals surface area contributed by atoms with Crippen LogP contribution in [-0.2, 0) is 7.05 Å². The Morgan fingerprint density at radius 2 is 1.88 bits per heavy atom. The third-order valence-corrected chi connectivity index (χ3v) is 5.41. The third kappa shape index (κ3) is 6.10. The summed E-state index contributed by atoms with van der Waals surface area (Å²) in [6, 6.07) is 14.6. The Labute approximate surface area is 200 Å². The average molecular weight is 462 g/mol. The summed E-state index contributed by atoms with van der Waals surface area (Å²) < 4.78 is 7.30. The van der Waals surface area contributed by atoms with Gasteiger partial charge in [0.05, 0.1) is 12.1 Å². The monoisotopic (exact) mass is 461 g/mol. The molecule has 0 aliphatic rings. The molecule has 0 spiro atoms. The fraction of sp³-hybridized carbons (Fsp3) is 0.308. The van der Waals surface area contributed by atoms with Gasteiger partial charge in [-0.05, 0) is 49.6 Å². The van der Waals surface area contributed by atoms with Gasteiger partial charge in [-0.1, -0.05) is 36.9 Å². The Morgan fingerprint density at radius 1 is 1.15 bits per heavy atom. The summed E-state index contributed by atoms with van der Waals surface area (Å²) in [4.78, 5) is 35.8. The van der Waals surface area contributed by atoms with Crippen LogP contribution in [0.1, 0.15) is 46.8 Å². The van der Waals surface area contributed by atoms with E-state index < -0.39 is 0 Å². The highest BCUT2D eigenvalue weighted by atomic mass is 16.5. The van der Waals surface area contributed by atoms with Crippen molar-refractivity contribution in [3.63, 3.8) is 0 Å². The van der Waals surface area contributed by atoms with Crippen molar-refractivity contribution in [3.8, 4) is 6.01 Å². The van der Waals surface area contributed by atoms with Crippen molar-refractivity contribution in [3.05, 3.63) is 84.5 Å². The molecule has 1 N–H and O–H groups in total. The maximum absolute atomic E-state index is 13.3. The number of hydrogen-bond acceptors (Lipinski definition) is 5. The van der Waals surface area contributed by atoms with E-state index in [1.807, 2.05) is 63.5 Å². The highest BCUT2D eigenvalue weighted by Crippen LogP contribution is 2.23. The fourth-order valence-electron chi connectivity index (χ4n) is 3.61. The van der Waals surface area contributed by atoms with E-state index in [2.05, 4.69) is 21.9 Å². The summed E-state index contributed by atoms with van der Waals surface area (Å²) in [6.07, 6.45) is 3.70. The van der Waals surface area contributed by atoms with Crippen molar-refractivity contribution in [1.29, 1.82) is 0 Å². The summed E-state index contributed by atoms with van der Waals surface area (Å²) in [7, 11) is 3.53. The first kappa shape index (κ1) is 24.7. The van der Waals surface area contributed by atoms with Gasteiger partial charge < -0.3 is 19.5 Å². The molecule has 3 rings (SSSR count). The van der Waals surface area contributed by atoms with E-state index >= 15 is 0 Å². The number of hydrogen-bond donors (Lipinski definition) is 1. The number of rotatable bonds is 10. The predicted octanol–water partition coefficient (Wildman–Crippen LogP) is 3.58. The smallest absolute Gasteiger partial charge is 0.317 e. The second kappa shape index (κ2) is 11.3. The number of aryl methyl sites for hydroxylation is 1. The fourth-order valence-corrected chi connectivity index (χ4v) is 3.61. The van der Waals surface area contributed by atoms with Crippen LogP contribution in [-0.4, -0.2) is 57.0 Å². The highest BCUT2D eigenvalue weighted by molar-refractivity contribution is 5.94. The van der Waals surface area contributed by atoms with Crippen LogP contribution in [0.3, 0.4) is 0 Å². The van der Waals surface area contributed by atoms with Crippen LogP contribution in [0, 0.1) is 0 Å². The van der Waals surface area contributed by atoms with Crippen LogP contribution in [0.2, 0.25) is 0 Å². The minimum absolute atomic E-state index is 0.110. The van der Waals surface area contributed by atoms with Crippen LogP contribution in [0.25, 0.3) is 5.57 Å². The van der Waals surface area contributed by atoms with Crippen molar-refractivity contribution in [2.75, 3.05) is 13.6 Å². The normalized spacial score (nSPS) is 11.7. The van der Waals surface area contributed by atoms with E-state index in [-0.39, 0.29) is 35.7 Å². The lowest BCUT2D eigenvalue weighted by molar-refractivity contribution is 0.0752. The van der Waals surface area contributed by atoms with Crippen molar-refractivity contribution >= 4 is 17.4 Å². The average Bonchev–Trinajstić information content (AvgIpc) is 3.26. The number of ether oxygens (including phenoxy) is 1. The number of carbonyl (C=O) groups excluding carboxylic acids is 2. The van der Waals surface area contributed by atoms with Gasteiger partial charge in [0, 0.05) is 33.0 Å². The summed E-state index contributed by atoms with van der Waals surface area (Å²) >= 11 is 0. The quantitative estimate of drug-likeness (QED) is 0.499. The molecule has 0 radical (unpaired) electrons. The molecule has 0 aliphatic heterocycles. The van der Waals surface area contributed by atoms with Gasteiger partial charge in [0.25, 0.3) is 11.8 Å². The zero-order valence-electron chi connectivity index (χ0n) is 20.1. The summed E-state index contributed by atoms with van der Waals surface area (Å²) in [6.45, 7) is 8.37. The van der Waals surface area contributed by atoms with E-state index in [0.29, 0.717) is 18.7 Å². The molecule has 1 aromatic carbocycles. The molecule has 0 bridgehead atoms. The van der Waals surface area contributed by atoms with Crippen LogP contribution in [0.4, 0.5) is 0 Å². The molecule has 0 fully saturated rings. The Balaban J connectivity index is 1.78. The molecule has 8 nitrogen and oxygen atoms in total. The number of aromatic nitrogens is 3. The van der Waals surface area contributed by atoms with Gasteiger partial charge in [0.2, 0.25) is 0 Å². The number of nitrogens with zero attached hydrogens (tertiary/aromatic N) is 4. The van der Waals surface area contributed by atoms with Crippen LogP contribution in [0.15, 0.2) is 67.5 Å². The molecule has 0 aliphatic carbocycles. The molecule has 34 heavy (non-hydrogen) atoms. The first-order valence-corrected chi connectivity index (χ1v) is 11.2. The maximum Gasteiger partial charge on any atom is 0.317 e. The van der Waals surface area contributed by atoms with Crippen LogP contribution >= 0.6 is 0 Å². The first-order chi connectivity index (χ1) is 16.3. The zero-order chi connectivity index (χ0) is 24.7. The SMILES string of the molecule is C=C(c1ccccc1)[C@@H](CCNC(=O)c1cccn1C)N(C)C(=O)c1ccnc(OC(C)C)n1.